The molecule has 0 spiro atoms. The number of nitrogen functional groups attached to an aromatic ring is 1. The van der Waals surface area contributed by atoms with Crippen molar-refractivity contribution in [3.63, 3.8) is 0 Å². The molecular weight excluding hydrogens is 343 g/mol. The predicted molar refractivity (Wildman–Crippen MR) is 57.7 cm³/mol. The van der Waals surface area contributed by atoms with Crippen molar-refractivity contribution < 1.29 is 17.2 Å². The minimum absolute atomic E-state index is 0.000764. The van der Waals surface area contributed by atoms with Crippen LogP contribution in [0.3, 0.4) is 0 Å². The maximum Gasteiger partial charge on any atom is 0.281 e. The Hall–Kier alpha value is -0.550. The number of aromatic nitrogens is 1. The highest BCUT2D eigenvalue weighted by Crippen LogP contribution is 2.27. The molecule has 0 saturated carbocycles. The van der Waals surface area contributed by atoms with Crippen molar-refractivity contribution >= 4 is 38.4 Å². The summed E-state index contributed by atoms with van der Waals surface area (Å²) in [4.78, 5) is 2.85. The minimum atomic E-state index is -4.04. The lowest BCUT2D eigenvalue weighted by molar-refractivity contribution is 0.145. The molecule has 0 bridgehead atoms. The molecule has 9 heteroatoms. The molecule has 0 aliphatic heterocycles. The highest BCUT2D eigenvalue weighted by molar-refractivity contribution is 14.1. The Morgan fingerprint density at radius 1 is 1.47 bits per heavy atom. The summed E-state index contributed by atoms with van der Waals surface area (Å²) in [6.45, 7) is 0. The van der Waals surface area contributed by atoms with Gasteiger partial charge in [-0.2, -0.15) is 0 Å². The van der Waals surface area contributed by atoms with Crippen LogP contribution in [-0.2, 0) is 10.0 Å². The third kappa shape index (κ3) is 2.72. The van der Waals surface area contributed by atoms with E-state index in [1.165, 1.54) is 22.6 Å². The van der Waals surface area contributed by atoms with Gasteiger partial charge in [-0.3, -0.25) is 0 Å². The molecule has 1 aromatic heterocycles. The zero-order valence-corrected chi connectivity index (χ0v) is 10.1. The highest BCUT2D eigenvalue weighted by atomic mass is 127. The number of hydrogen-bond donors (Lipinski definition) is 2. The standard InChI is InChI=1S/C6H6F2IN3O2S/c7-5(8)4-2(9)1-3(6(10)12-4)15(11,13)14/h1,5H,(H2,10,12)(H2,11,13,14). The fraction of sp³-hybridized carbons (Fsp3) is 0.167. The van der Waals surface area contributed by atoms with Crippen LogP contribution in [0.2, 0.25) is 0 Å². The summed E-state index contributed by atoms with van der Waals surface area (Å²) in [7, 11) is -4.04. The maximum absolute atomic E-state index is 12.3. The Balaban J connectivity index is 3.46. The first kappa shape index (κ1) is 12.5. The van der Waals surface area contributed by atoms with Crippen LogP contribution in [0.5, 0.6) is 0 Å². The summed E-state index contributed by atoms with van der Waals surface area (Å²) in [6.07, 6.45) is -2.81. The van der Waals surface area contributed by atoms with Crippen molar-refractivity contribution in [2.45, 2.75) is 11.3 Å². The van der Waals surface area contributed by atoms with Gasteiger partial charge in [0.05, 0.1) is 0 Å². The molecular formula is C6H6F2IN3O2S. The number of sulfonamides is 1. The van der Waals surface area contributed by atoms with E-state index in [1.807, 2.05) is 0 Å². The molecule has 15 heavy (non-hydrogen) atoms. The Labute approximate surface area is 98.0 Å². The zero-order valence-electron chi connectivity index (χ0n) is 7.12. The van der Waals surface area contributed by atoms with Crippen molar-refractivity contribution in [3.05, 3.63) is 15.3 Å². The van der Waals surface area contributed by atoms with E-state index in [9.17, 15) is 17.2 Å². The van der Waals surface area contributed by atoms with Crippen LogP contribution in [0.1, 0.15) is 12.1 Å². The van der Waals surface area contributed by atoms with E-state index in [2.05, 4.69) is 4.98 Å². The first-order valence-electron chi connectivity index (χ1n) is 3.50. The van der Waals surface area contributed by atoms with Crippen LogP contribution < -0.4 is 10.9 Å². The van der Waals surface area contributed by atoms with Gasteiger partial charge in [-0.1, -0.05) is 0 Å². The summed E-state index contributed by atoms with van der Waals surface area (Å²) >= 11 is 1.54. The number of nitrogens with zero attached hydrogens (tertiary/aromatic N) is 1. The van der Waals surface area contributed by atoms with Crippen LogP contribution in [-0.4, -0.2) is 13.4 Å². The van der Waals surface area contributed by atoms with Crippen LogP contribution >= 0.6 is 22.6 Å². The second kappa shape index (κ2) is 4.14. The van der Waals surface area contributed by atoms with E-state index in [0.29, 0.717) is 0 Å². The van der Waals surface area contributed by atoms with Gasteiger partial charge in [-0.25, -0.2) is 27.3 Å². The third-order valence-corrected chi connectivity index (χ3v) is 3.31. The van der Waals surface area contributed by atoms with Gasteiger partial charge in [0.2, 0.25) is 10.0 Å². The van der Waals surface area contributed by atoms with Gasteiger partial charge >= 0.3 is 0 Å². The molecule has 84 valence electrons. The van der Waals surface area contributed by atoms with Crippen molar-refractivity contribution in [2.24, 2.45) is 5.14 Å². The summed E-state index contributed by atoms with van der Waals surface area (Å²) in [5, 5.41) is 4.81. The molecule has 4 N–H and O–H groups in total. The fourth-order valence-corrected chi connectivity index (χ4v) is 2.38. The molecule has 1 heterocycles. The maximum atomic E-state index is 12.3. The molecule has 0 radical (unpaired) electrons. The van der Waals surface area contributed by atoms with Gasteiger partial charge in [-0.15, -0.1) is 0 Å². The molecule has 1 aromatic rings. The van der Waals surface area contributed by atoms with E-state index < -0.39 is 32.9 Å². The fourth-order valence-electron chi connectivity index (χ4n) is 0.882. The predicted octanol–water partition coefficient (Wildman–Crippen LogP) is 0.853. The molecule has 0 aromatic carbocycles. The number of halogens is 3. The molecule has 0 atom stereocenters. The molecule has 5 nitrogen and oxygen atoms in total. The van der Waals surface area contributed by atoms with Gasteiger partial charge in [0, 0.05) is 3.57 Å². The first-order chi connectivity index (χ1) is 6.73. The Morgan fingerprint density at radius 2 is 2.00 bits per heavy atom. The van der Waals surface area contributed by atoms with Crippen LogP contribution in [0, 0.1) is 3.57 Å². The summed E-state index contributed by atoms with van der Waals surface area (Å²) in [5.41, 5.74) is 4.65. The minimum Gasteiger partial charge on any atom is -0.383 e. The number of pyridine rings is 1. The zero-order chi connectivity index (χ0) is 11.8. The number of nitrogens with two attached hydrogens (primary N) is 2. The van der Waals surface area contributed by atoms with E-state index in [1.54, 1.807) is 0 Å². The number of hydrogen-bond acceptors (Lipinski definition) is 4. The average Bonchev–Trinajstić information content (AvgIpc) is 2.06. The Kier molecular flexibility index (Phi) is 3.45. The number of rotatable bonds is 2. The lowest BCUT2D eigenvalue weighted by Crippen LogP contribution is -2.16. The van der Waals surface area contributed by atoms with Crippen molar-refractivity contribution in [3.8, 4) is 0 Å². The van der Waals surface area contributed by atoms with Gasteiger partial charge in [0.1, 0.15) is 16.4 Å². The largest absolute Gasteiger partial charge is 0.383 e. The second-order valence-electron chi connectivity index (χ2n) is 2.58. The third-order valence-electron chi connectivity index (χ3n) is 1.51. The summed E-state index contributed by atoms with van der Waals surface area (Å²) in [6, 6.07) is 0.972. The van der Waals surface area contributed by atoms with Crippen LogP contribution in [0.4, 0.5) is 14.6 Å². The molecule has 0 aliphatic rings. The highest BCUT2D eigenvalue weighted by Gasteiger charge is 2.20. The Bertz CT molecular complexity index is 491. The van der Waals surface area contributed by atoms with E-state index >= 15 is 0 Å². The van der Waals surface area contributed by atoms with E-state index in [0.717, 1.165) is 6.07 Å². The number of anilines is 1. The topological polar surface area (TPSA) is 99.1 Å². The average molecular weight is 349 g/mol. The van der Waals surface area contributed by atoms with Gasteiger partial charge in [-0.05, 0) is 28.7 Å². The van der Waals surface area contributed by atoms with Crippen LogP contribution in [0.15, 0.2) is 11.0 Å². The van der Waals surface area contributed by atoms with Gasteiger partial charge in [0.25, 0.3) is 6.43 Å². The number of alkyl halides is 2. The molecule has 0 aliphatic carbocycles. The lowest BCUT2D eigenvalue weighted by Gasteiger charge is -2.07. The molecule has 0 saturated heterocycles. The monoisotopic (exact) mass is 349 g/mol. The van der Waals surface area contributed by atoms with Gasteiger partial charge in [0.15, 0.2) is 0 Å². The van der Waals surface area contributed by atoms with E-state index in [-0.39, 0.29) is 3.57 Å². The van der Waals surface area contributed by atoms with E-state index in [4.69, 9.17) is 10.9 Å². The molecule has 0 unspecified atom stereocenters. The van der Waals surface area contributed by atoms with Crippen molar-refractivity contribution in [1.29, 1.82) is 0 Å². The summed E-state index contributed by atoms with van der Waals surface area (Å²) < 4.78 is 46.6. The lowest BCUT2D eigenvalue weighted by atomic mass is 10.3. The van der Waals surface area contributed by atoms with Crippen molar-refractivity contribution in [2.75, 3.05) is 5.73 Å². The molecule has 0 fully saturated rings. The second-order valence-corrected chi connectivity index (χ2v) is 5.28. The molecule has 0 amide bonds. The smallest absolute Gasteiger partial charge is 0.281 e. The normalized spacial score (nSPS) is 12.1. The Morgan fingerprint density at radius 3 is 2.40 bits per heavy atom. The SMILES string of the molecule is Nc1nc(C(F)F)c(I)cc1S(N)(=O)=O. The van der Waals surface area contributed by atoms with Crippen molar-refractivity contribution in [1.82, 2.24) is 4.98 Å². The first-order valence-corrected chi connectivity index (χ1v) is 6.13. The quantitative estimate of drug-likeness (QED) is 0.774. The van der Waals surface area contributed by atoms with Gasteiger partial charge < -0.3 is 5.73 Å². The van der Waals surface area contributed by atoms with Crippen LogP contribution in [0.25, 0.3) is 0 Å². The number of primary sulfonamides is 1. The summed E-state index contributed by atoms with van der Waals surface area (Å²) in [5.74, 6) is -0.520. The molecule has 1 rings (SSSR count).